The van der Waals surface area contributed by atoms with E-state index in [1.54, 1.807) is 48.5 Å². The summed E-state index contributed by atoms with van der Waals surface area (Å²) in [6.45, 7) is 1.99. The van der Waals surface area contributed by atoms with Crippen LogP contribution in [0.15, 0.2) is 163 Å². The van der Waals surface area contributed by atoms with Crippen molar-refractivity contribution in [2.24, 2.45) is 0 Å². The highest BCUT2D eigenvalue weighted by Crippen LogP contribution is 2.27. The minimum absolute atomic E-state index is 0.00139. The van der Waals surface area contributed by atoms with E-state index in [-0.39, 0.29) is 34.4 Å². The van der Waals surface area contributed by atoms with Crippen LogP contribution in [0.1, 0.15) is 47.8 Å². The number of benzene rings is 4. The van der Waals surface area contributed by atoms with Gasteiger partial charge >= 0.3 is 23.9 Å². The van der Waals surface area contributed by atoms with E-state index >= 15 is 0 Å². The molecule has 0 saturated heterocycles. The zero-order chi connectivity index (χ0) is 47.9. The van der Waals surface area contributed by atoms with Gasteiger partial charge < -0.3 is 43.1 Å². The zero-order valence-electron chi connectivity index (χ0n) is 34.9. The predicted octanol–water partition coefficient (Wildman–Crippen LogP) is 10.5. The molecular weight excluding hydrogens is 863 g/mol. The fourth-order valence-corrected chi connectivity index (χ4v) is 5.48. The number of carboxylic acid groups (broad SMARTS) is 2. The molecular formula is C47H37N3O16. The number of hydrogen-bond acceptors (Lipinski definition) is 15. The van der Waals surface area contributed by atoms with Gasteiger partial charge in [-0.15, -0.1) is 0 Å². The lowest BCUT2D eigenvalue weighted by Gasteiger charge is -1.97. The first-order chi connectivity index (χ1) is 31.6. The second-order valence-electron chi connectivity index (χ2n) is 13.3. The molecule has 19 heteroatoms. The van der Waals surface area contributed by atoms with Gasteiger partial charge in [-0.1, -0.05) is 29.8 Å². The van der Waals surface area contributed by atoms with Gasteiger partial charge in [-0.25, -0.2) is 19.2 Å². The van der Waals surface area contributed by atoms with Crippen molar-refractivity contribution in [1.82, 2.24) is 0 Å². The van der Waals surface area contributed by atoms with Crippen molar-refractivity contribution in [3.63, 3.8) is 0 Å². The summed E-state index contributed by atoms with van der Waals surface area (Å²) in [7, 11) is 2.57. The van der Waals surface area contributed by atoms with E-state index in [4.69, 9.17) is 33.6 Å². The zero-order valence-corrected chi connectivity index (χ0v) is 34.9. The highest BCUT2D eigenvalue weighted by Gasteiger charge is 2.15. The van der Waals surface area contributed by atoms with Crippen LogP contribution in [0.5, 0.6) is 0 Å². The molecule has 336 valence electrons. The van der Waals surface area contributed by atoms with Gasteiger partial charge in [0, 0.05) is 52.2 Å². The second kappa shape index (κ2) is 22.0. The summed E-state index contributed by atoms with van der Waals surface area (Å²) in [6.07, 6.45) is 0. The third-order valence-corrected chi connectivity index (χ3v) is 8.88. The first kappa shape index (κ1) is 47.5. The molecule has 4 aromatic heterocycles. The Labute approximate surface area is 373 Å². The number of non-ortho nitro benzene ring substituents is 2. The molecule has 8 aromatic rings. The third kappa shape index (κ3) is 12.8. The number of nitrogens with zero attached hydrogens (tertiary/aromatic N) is 2. The first-order valence-electron chi connectivity index (χ1n) is 19.0. The summed E-state index contributed by atoms with van der Waals surface area (Å²) >= 11 is 0. The Kier molecular flexibility index (Phi) is 15.9. The largest absolute Gasteiger partial charge is 0.475 e. The van der Waals surface area contributed by atoms with Crippen LogP contribution >= 0.6 is 0 Å². The van der Waals surface area contributed by atoms with Gasteiger partial charge in [0.1, 0.15) is 23.0 Å². The summed E-state index contributed by atoms with van der Waals surface area (Å²) in [5.41, 5.74) is 10.4. The van der Waals surface area contributed by atoms with Crippen LogP contribution < -0.4 is 5.73 Å². The molecule has 0 radical (unpaired) electrons. The fraction of sp³-hybridized carbons (Fsp3) is 0.0638. The van der Waals surface area contributed by atoms with Crippen molar-refractivity contribution in [1.29, 1.82) is 0 Å². The van der Waals surface area contributed by atoms with Crippen molar-refractivity contribution in [3.8, 4) is 45.3 Å². The van der Waals surface area contributed by atoms with Gasteiger partial charge in [-0.05, 0) is 104 Å². The predicted molar refractivity (Wildman–Crippen MR) is 236 cm³/mol. The van der Waals surface area contributed by atoms with E-state index in [0.717, 1.165) is 16.7 Å². The summed E-state index contributed by atoms with van der Waals surface area (Å²) in [5.74, 6) is -1.18. The Morgan fingerprint density at radius 3 is 1.00 bits per heavy atom. The number of aromatic carboxylic acids is 2. The van der Waals surface area contributed by atoms with Crippen molar-refractivity contribution in [3.05, 3.63) is 194 Å². The van der Waals surface area contributed by atoms with Gasteiger partial charge in [-0.3, -0.25) is 20.2 Å². The molecule has 4 aromatic carbocycles. The van der Waals surface area contributed by atoms with E-state index in [1.165, 1.54) is 74.9 Å². The molecule has 0 fully saturated rings. The Balaban J connectivity index is 0.000000165. The van der Waals surface area contributed by atoms with Crippen molar-refractivity contribution in [2.75, 3.05) is 20.0 Å². The van der Waals surface area contributed by atoms with E-state index in [9.17, 15) is 39.4 Å². The Morgan fingerprint density at radius 1 is 0.455 bits per heavy atom. The normalized spacial score (nSPS) is 10.1. The van der Waals surface area contributed by atoms with Gasteiger partial charge in [0.05, 0.1) is 24.1 Å². The number of ether oxygens (including phenoxy) is 2. The van der Waals surface area contributed by atoms with Gasteiger partial charge in [0.15, 0.2) is 0 Å². The van der Waals surface area contributed by atoms with Gasteiger partial charge in [0.25, 0.3) is 11.4 Å². The molecule has 66 heavy (non-hydrogen) atoms. The Hall–Kier alpha value is -9.52. The number of nitrogen functional groups attached to an aromatic ring is 1. The maximum absolute atomic E-state index is 11.2. The molecule has 0 saturated carbocycles. The lowest BCUT2D eigenvalue weighted by atomic mass is 10.1. The molecule has 8 rings (SSSR count). The SMILES string of the molecule is COC(=O)c1ccc(-c2ccc(N)cc2)o1.COC(=O)c1ccc(-c2ccc([N+](=O)[O-])cc2)o1.Cc1ccc(-c2ccc(C(=O)O)o2)cc1.O=C(O)c1ccc(-c2ccc([N+](=O)[O-])cc2)o1. The average Bonchev–Trinajstić information content (AvgIpc) is 4.18. The molecule has 0 amide bonds. The van der Waals surface area contributed by atoms with E-state index in [2.05, 4.69) is 9.47 Å². The summed E-state index contributed by atoms with van der Waals surface area (Å²) in [4.78, 5) is 63.5. The van der Waals surface area contributed by atoms with Crippen LogP contribution in [-0.2, 0) is 9.47 Å². The maximum Gasteiger partial charge on any atom is 0.373 e. The number of carboxylic acids is 2. The van der Waals surface area contributed by atoms with Crippen molar-refractivity contribution >= 4 is 40.9 Å². The number of nitro benzene ring substituents is 2. The highest BCUT2D eigenvalue weighted by atomic mass is 16.6. The minimum atomic E-state index is -1.15. The molecule has 4 heterocycles. The standard InChI is InChI=1S/C12H9NO5.C12H11NO3.C12H10O3.C11H7NO5/c1-17-12(14)11-7-6-10(18-11)8-2-4-9(5-3-8)13(15)16;1-15-12(14)11-7-6-10(16-11)8-2-4-9(13)5-3-8;1-8-2-4-9(5-3-8)10-6-7-11(15-10)12(13)14;13-11(14)10-6-5-9(17-10)7-1-3-8(4-2-7)12(15)16/h2-7H,1H3;2-7H,13H2,1H3;2-7H,1H3,(H,13,14);1-6H,(H,13,14). The maximum atomic E-state index is 11.2. The number of anilines is 1. The number of furan rings is 4. The Morgan fingerprint density at radius 2 is 0.727 bits per heavy atom. The lowest BCUT2D eigenvalue weighted by Crippen LogP contribution is -1.98. The molecule has 0 aliphatic rings. The quantitative estimate of drug-likeness (QED) is 0.0497. The fourth-order valence-electron chi connectivity index (χ4n) is 5.48. The number of carbonyl (C=O) groups excluding carboxylic acids is 2. The van der Waals surface area contributed by atoms with Crippen LogP contribution in [0, 0.1) is 27.2 Å². The molecule has 4 N–H and O–H groups in total. The van der Waals surface area contributed by atoms with Crippen LogP contribution in [0.4, 0.5) is 17.1 Å². The van der Waals surface area contributed by atoms with Crippen LogP contribution in [0.3, 0.4) is 0 Å². The molecule has 19 nitrogen and oxygen atoms in total. The number of rotatable bonds is 10. The number of hydrogen-bond donors (Lipinski definition) is 3. The number of nitrogens with two attached hydrogens (primary N) is 1. The molecule has 0 unspecified atom stereocenters. The minimum Gasteiger partial charge on any atom is -0.475 e. The summed E-state index contributed by atoms with van der Waals surface area (Å²) < 4.78 is 29.9. The van der Waals surface area contributed by atoms with Crippen molar-refractivity contribution in [2.45, 2.75) is 6.92 Å². The molecule has 0 bridgehead atoms. The number of aryl methyl sites for hydroxylation is 1. The number of nitro groups is 2. The first-order valence-corrected chi connectivity index (χ1v) is 19.0. The highest BCUT2D eigenvalue weighted by molar-refractivity contribution is 5.88. The van der Waals surface area contributed by atoms with Crippen molar-refractivity contribution < 1.29 is 66.4 Å². The topological polar surface area (TPSA) is 292 Å². The summed E-state index contributed by atoms with van der Waals surface area (Å²) in [5, 5.41) is 38.3. The monoisotopic (exact) mass is 899 g/mol. The number of esters is 2. The van der Waals surface area contributed by atoms with Gasteiger partial charge in [-0.2, -0.15) is 0 Å². The number of methoxy groups -OCH3 is 2. The smallest absolute Gasteiger partial charge is 0.373 e. The lowest BCUT2D eigenvalue weighted by molar-refractivity contribution is -0.385. The molecule has 0 spiro atoms. The second-order valence-corrected chi connectivity index (χ2v) is 13.3. The Bertz CT molecular complexity index is 2940. The third-order valence-electron chi connectivity index (χ3n) is 8.88. The van der Waals surface area contributed by atoms with Gasteiger partial charge in [0.2, 0.25) is 23.0 Å². The van der Waals surface area contributed by atoms with Crippen LogP contribution in [0.25, 0.3) is 45.3 Å². The van der Waals surface area contributed by atoms with E-state index in [1.807, 2.05) is 43.3 Å². The van der Waals surface area contributed by atoms with E-state index in [0.29, 0.717) is 39.9 Å². The average molecular weight is 900 g/mol. The summed E-state index contributed by atoms with van der Waals surface area (Å²) in [6, 6.07) is 38.8. The van der Waals surface area contributed by atoms with Crippen LogP contribution in [0.2, 0.25) is 0 Å². The number of carbonyl (C=O) groups is 4. The van der Waals surface area contributed by atoms with E-state index < -0.39 is 33.7 Å². The molecule has 0 aliphatic heterocycles. The molecule has 0 aliphatic carbocycles. The van der Waals surface area contributed by atoms with Crippen LogP contribution in [-0.4, -0.2) is 58.2 Å². The molecule has 0 atom stereocenters.